The van der Waals surface area contributed by atoms with Crippen LogP contribution in [0.2, 0.25) is 5.02 Å². The van der Waals surface area contributed by atoms with Crippen LogP contribution < -0.4 is 0 Å². The van der Waals surface area contributed by atoms with Crippen LogP contribution in [0.25, 0.3) is 6.08 Å². The summed E-state index contributed by atoms with van der Waals surface area (Å²) in [5.74, 6) is -0.913. The molecule has 8 heteroatoms. The molecular formula is C12H9ClN2O4S. The number of halogens is 1. The number of carbonyl (C=O) groups is 1. The summed E-state index contributed by atoms with van der Waals surface area (Å²) in [5.41, 5.74) is 0.290. The Kier molecular flexibility index (Phi) is 4.31. The van der Waals surface area contributed by atoms with Crippen LogP contribution in [0.1, 0.15) is 11.5 Å². The highest BCUT2D eigenvalue weighted by molar-refractivity contribution is 8.03. The second kappa shape index (κ2) is 5.98. The van der Waals surface area contributed by atoms with Crippen LogP contribution in [-0.2, 0) is 4.79 Å². The molecule has 0 spiro atoms. The number of phenolic OH excluding ortho intramolecular Hbond substituents is 1. The number of hydrogen-bond acceptors (Lipinski definition) is 6. The molecule has 0 aliphatic heterocycles. The third kappa shape index (κ3) is 3.52. The number of rotatable bonds is 4. The Labute approximate surface area is 123 Å². The lowest BCUT2D eigenvalue weighted by Gasteiger charge is -2.02. The third-order valence-electron chi connectivity index (χ3n) is 2.19. The standard InChI is InChI=1S/C12H9ClN2O4S/c1-6-14-15-12(19-6)20-10(11(17)18)5-7-4-8(13)2-3-9(7)16/h2-5,16H,1H3,(H,17,18)/b10-5-. The summed E-state index contributed by atoms with van der Waals surface area (Å²) >= 11 is 6.60. The number of hydrogen-bond donors (Lipinski definition) is 2. The van der Waals surface area contributed by atoms with Crippen molar-refractivity contribution >= 4 is 35.4 Å². The molecule has 0 aliphatic rings. The van der Waals surface area contributed by atoms with Gasteiger partial charge in [-0.05, 0) is 36.0 Å². The molecule has 2 aromatic rings. The van der Waals surface area contributed by atoms with Gasteiger partial charge in [-0.25, -0.2) is 4.79 Å². The molecule has 2 N–H and O–H groups in total. The van der Waals surface area contributed by atoms with Gasteiger partial charge in [-0.15, -0.1) is 10.2 Å². The van der Waals surface area contributed by atoms with Crippen LogP contribution in [0, 0.1) is 6.92 Å². The Bertz CT molecular complexity index is 684. The number of nitrogens with zero attached hydrogens (tertiary/aromatic N) is 2. The number of thioether (sulfide) groups is 1. The lowest BCUT2D eigenvalue weighted by atomic mass is 10.2. The SMILES string of the molecule is Cc1nnc(S/C(=C\c2cc(Cl)ccc2O)C(=O)O)o1. The number of phenols is 1. The van der Waals surface area contributed by atoms with E-state index in [2.05, 4.69) is 10.2 Å². The zero-order chi connectivity index (χ0) is 14.7. The molecule has 1 aromatic heterocycles. The summed E-state index contributed by atoms with van der Waals surface area (Å²) in [6.07, 6.45) is 1.29. The zero-order valence-electron chi connectivity index (χ0n) is 10.2. The first-order valence-corrected chi connectivity index (χ1v) is 6.56. The van der Waals surface area contributed by atoms with E-state index in [1.165, 1.54) is 24.3 Å². The number of aromatic nitrogens is 2. The predicted molar refractivity (Wildman–Crippen MR) is 73.6 cm³/mol. The molecule has 20 heavy (non-hydrogen) atoms. The van der Waals surface area contributed by atoms with Crippen molar-refractivity contribution in [3.05, 3.63) is 39.6 Å². The van der Waals surface area contributed by atoms with Crippen molar-refractivity contribution in [2.45, 2.75) is 12.1 Å². The van der Waals surface area contributed by atoms with E-state index in [1.807, 2.05) is 0 Å². The summed E-state index contributed by atoms with van der Waals surface area (Å²) < 4.78 is 5.10. The van der Waals surface area contributed by atoms with E-state index in [-0.39, 0.29) is 15.9 Å². The molecule has 0 atom stereocenters. The van der Waals surface area contributed by atoms with E-state index in [1.54, 1.807) is 6.92 Å². The van der Waals surface area contributed by atoms with E-state index in [9.17, 15) is 9.90 Å². The van der Waals surface area contributed by atoms with E-state index < -0.39 is 5.97 Å². The van der Waals surface area contributed by atoms with Crippen molar-refractivity contribution in [2.75, 3.05) is 0 Å². The zero-order valence-corrected chi connectivity index (χ0v) is 11.8. The van der Waals surface area contributed by atoms with Crippen molar-refractivity contribution in [1.29, 1.82) is 0 Å². The van der Waals surface area contributed by atoms with Crippen LogP contribution in [0.5, 0.6) is 5.75 Å². The maximum absolute atomic E-state index is 11.2. The average Bonchev–Trinajstić information content (AvgIpc) is 2.78. The summed E-state index contributed by atoms with van der Waals surface area (Å²) in [6, 6.07) is 4.35. The van der Waals surface area contributed by atoms with Crippen LogP contribution in [0.15, 0.2) is 32.7 Å². The van der Waals surface area contributed by atoms with Gasteiger partial charge in [0.1, 0.15) is 10.7 Å². The van der Waals surface area contributed by atoms with Crippen molar-refractivity contribution in [1.82, 2.24) is 10.2 Å². The Morgan fingerprint density at radius 3 is 2.80 bits per heavy atom. The fourth-order valence-corrected chi connectivity index (χ4v) is 2.22. The molecule has 1 heterocycles. The number of aryl methyl sites for hydroxylation is 1. The average molecular weight is 313 g/mol. The van der Waals surface area contributed by atoms with Crippen molar-refractivity contribution in [2.24, 2.45) is 0 Å². The molecule has 0 saturated carbocycles. The van der Waals surface area contributed by atoms with Gasteiger partial charge in [0, 0.05) is 17.5 Å². The molecule has 2 rings (SSSR count). The van der Waals surface area contributed by atoms with Gasteiger partial charge in [0.15, 0.2) is 0 Å². The number of aromatic hydroxyl groups is 1. The van der Waals surface area contributed by atoms with E-state index >= 15 is 0 Å². The van der Waals surface area contributed by atoms with Gasteiger partial charge in [-0.3, -0.25) is 0 Å². The molecule has 0 radical (unpaired) electrons. The molecule has 6 nitrogen and oxygen atoms in total. The summed E-state index contributed by atoms with van der Waals surface area (Å²) in [6.45, 7) is 1.60. The van der Waals surface area contributed by atoms with Crippen molar-refractivity contribution in [3.8, 4) is 5.75 Å². The number of carboxylic acid groups (broad SMARTS) is 1. The maximum Gasteiger partial charge on any atom is 0.342 e. The Morgan fingerprint density at radius 1 is 1.45 bits per heavy atom. The highest BCUT2D eigenvalue weighted by Gasteiger charge is 2.15. The fraction of sp³-hybridized carbons (Fsp3) is 0.0833. The first-order chi connectivity index (χ1) is 9.45. The molecule has 0 bridgehead atoms. The molecule has 0 fully saturated rings. The maximum atomic E-state index is 11.2. The van der Waals surface area contributed by atoms with Gasteiger partial charge in [-0.1, -0.05) is 11.6 Å². The minimum Gasteiger partial charge on any atom is -0.507 e. The normalized spacial score (nSPS) is 11.6. The lowest BCUT2D eigenvalue weighted by molar-refractivity contribution is -0.131. The lowest BCUT2D eigenvalue weighted by Crippen LogP contribution is -1.97. The Balaban J connectivity index is 2.35. The summed E-state index contributed by atoms with van der Waals surface area (Å²) in [4.78, 5) is 11.1. The van der Waals surface area contributed by atoms with E-state index in [4.69, 9.17) is 21.1 Å². The van der Waals surface area contributed by atoms with Crippen molar-refractivity contribution in [3.63, 3.8) is 0 Å². The van der Waals surface area contributed by atoms with Gasteiger partial charge < -0.3 is 14.6 Å². The van der Waals surface area contributed by atoms with Gasteiger partial charge in [0.25, 0.3) is 5.22 Å². The number of carboxylic acids is 1. The minimum atomic E-state index is -1.18. The molecule has 0 amide bonds. The quantitative estimate of drug-likeness (QED) is 0.661. The largest absolute Gasteiger partial charge is 0.507 e. The van der Waals surface area contributed by atoms with E-state index in [0.29, 0.717) is 16.5 Å². The third-order valence-corrected chi connectivity index (χ3v) is 3.28. The van der Waals surface area contributed by atoms with Crippen LogP contribution in [-0.4, -0.2) is 26.4 Å². The van der Waals surface area contributed by atoms with Gasteiger partial charge in [0.2, 0.25) is 5.89 Å². The van der Waals surface area contributed by atoms with Crippen LogP contribution in [0.4, 0.5) is 0 Å². The van der Waals surface area contributed by atoms with Gasteiger partial charge in [0.05, 0.1) is 0 Å². The highest BCUT2D eigenvalue weighted by atomic mass is 35.5. The van der Waals surface area contributed by atoms with Gasteiger partial charge in [-0.2, -0.15) is 0 Å². The Morgan fingerprint density at radius 2 is 2.20 bits per heavy atom. The van der Waals surface area contributed by atoms with Crippen LogP contribution in [0.3, 0.4) is 0 Å². The topological polar surface area (TPSA) is 96.5 Å². The molecule has 104 valence electrons. The predicted octanol–water partition coefficient (Wildman–Crippen LogP) is 2.95. The second-order valence-electron chi connectivity index (χ2n) is 3.71. The molecular weight excluding hydrogens is 304 g/mol. The molecule has 0 saturated heterocycles. The van der Waals surface area contributed by atoms with Crippen LogP contribution >= 0.6 is 23.4 Å². The Hall–Kier alpha value is -1.99. The number of benzene rings is 1. The van der Waals surface area contributed by atoms with Gasteiger partial charge >= 0.3 is 5.97 Å². The minimum absolute atomic E-state index is 0.0736. The fourth-order valence-electron chi connectivity index (χ4n) is 1.33. The second-order valence-corrected chi connectivity index (χ2v) is 5.14. The monoisotopic (exact) mass is 312 g/mol. The molecule has 0 aliphatic carbocycles. The van der Waals surface area contributed by atoms with Crippen molar-refractivity contribution < 1.29 is 19.4 Å². The number of aliphatic carboxylic acids is 1. The smallest absolute Gasteiger partial charge is 0.342 e. The first kappa shape index (κ1) is 14.4. The highest BCUT2D eigenvalue weighted by Crippen LogP contribution is 2.30. The summed E-state index contributed by atoms with van der Waals surface area (Å²) in [7, 11) is 0. The summed E-state index contributed by atoms with van der Waals surface area (Å²) in [5, 5.41) is 26.7. The molecule has 1 aromatic carbocycles. The van der Waals surface area contributed by atoms with E-state index in [0.717, 1.165) is 11.8 Å². The first-order valence-electron chi connectivity index (χ1n) is 5.37. The molecule has 0 unspecified atom stereocenters.